The molecule has 7 nitrogen and oxygen atoms in total. The Morgan fingerprint density at radius 2 is 1.65 bits per heavy atom. The van der Waals surface area contributed by atoms with E-state index in [1.807, 2.05) is 0 Å². The summed E-state index contributed by atoms with van der Waals surface area (Å²) in [4.78, 5) is 24.1. The summed E-state index contributed by atoms with van der Waals surface area (Å²) in [5, 5.41) is 0. The zero-order valence-corrected chi connectivity index (χ0v) is 13.2. The molecule has 1 atom stereocenters. The van der Waals surface area contributed by atoms with Crippen LogP contribution in [-0.2, 0) is 33.3 Å². The van der Waals surface area contributed by atoms with E-state index < -0.39 is 11.6 Å². The van der Waals surface area contributed by atoms with Crippen LogP contribution >= 0.6 is 0 Å². The SMILES string of the molecule is CC(=O)O[C@@]12C=CC=C(COCCOCCOCCOC1)C2=O. The molecule has 2 aliphatic rings. The maximum atomic E-state index is 12.7. The minimum Gasteiger partial charge on any atom is -0.444 e. The summed E-state index contributed by atoms with van der Waals surface area (Å²) in [7, 11) is 0. The van der Waals surface area contributed by atoms with Crippen LogP contribution in [-0.4, -0.2) is 70.2 Å². The van der Waals surface area contributed by atoms with Crippen molar-refractivity contribution in [3.05, 3.63) is 23.8 Å². The van der Waals surface area contributed by atoms with Crippen LogP contribution in [0.15, 0.2) is 23.8 Å². The van der Waals surface area contributed by atoms with Crippen LogP contribution in [0.25, 0.3) is 0 Å². The predicted octanol–water partition coefficient (Wildman–Crippen LogP) is 0.434. The van der Waals surface area contributed by atoms with Gasteiger partial charge < -0.3 is 23.7 Å². The van der Waals surface area contributed by atoms with Gasteiger partial charge in [-0.2, -0.15) is 0 Å². The summed E-state index contributed by atoms with van der Waals surface area (Å²) in [5.74, 6) is -0.872. The van der Waals surface area contributed by atoms with Crippen LogP contribution in [0.5, 0.6) is 0 Å². The van der Waals surface area contributed by atoms with Crippen molar-refractivity contribution in [1.82, 2.24) is 0 Å². The molecule has 1 aliphatic heterocycles. The summed E-state index contributed by atoms with van der Waals surface area (Å²) >= 11 is 0. The predicted molar refractivity (Wildman–Crippen MR) is 80.0 cm³/mol. The topological polar surface area (TPSA) is 80.3 Å². The Morgan fingerprint density at radius 1 is 1.04 bits per heavy atom. The lowest BCUT2D eigenvalue weighted by atomic mass is 9.88. The molecule has 0 amide bonds. The highest BCUT2D eigenvalue weighted by atomic mass is 16.6. The minimum absolute atomic E-state index is 0.0564. The number of hydrogen-bond acceptors (Lipinski definition) is 7. The largest absolute Gasteiger partial charge is 0.444 e. The Bertz CT molecular complexity index is 483. The summed E-state index contributed by atoms with van der Waals surface area (Å²) in [6, 6.07) is 0. The van der Waals surface area contributed by atoms with Crippen molar-refractivity contribution in [3.63, 3.8) is 0 Å². The van der Waals surface area contributed by atoms with Gasteiger partial charge in [-0.05, 0) is 6.08 Å². The second kappa shape index (κ2) is 8.93. The first-order chi connectivity index (χ1) is 11.1. The van der Waals surface area contributed by atoms with Crippen LogP contribution in [0.4, 0.5) is 0 Å². The Hall–Kier alpha value is -1.54. The fraction of sp³-hybridized carbons (Fsp3) is 0.625. The Balaban J connectivity index is 2.10. The molecule has 1 heterocycles. The van der Waals surface area contributed by atoms with Crippen molar-refractivity contribution in [2.45, 2.75) is 12.5 Å². The van der Waals surface area contributed by atoms with Gasteiger partial charge in [0.1, 0.15) is 0 Å². The molecule has 1 fully saturated rings. The van der Waals surface area contributed by atoms with E-state index in [4.69, 9.17) is 23.7 Å². The van der Waals surface area contributed by atoms with Gasteiger partial charge in [-0.1, -0.05) is 12.2 Å². The molecule has 23 heavy (non-hydrogen) atoms. The van der Waals surface area contributed by atoms with Crippen LogP contribution in [0.1, 0.15) is 6.92 Å². The van der Waals surface area contributed by atoms with E-state index in [1.165, 1.54) is 6.92 Å². The van der Waals surface area contributed by atoms with Gasteiger partial charge in [0, 0.05) is 12.5 Å². The Morgan fingerprint density at radius 3 is 2.30 bits per heavy atom. The molecule has 1 aliphatic carbocycles. The normalized spacial score (nSPS) is 27.5. The minimum atomic E-state index is -1.43. The molecule has 2 bridgehead atoms. The highest BCUT2D eigenvalue weighted by Crippen LogP contribution is 2.25. The lowest BCUT2D eigenvalue weighted by Crippen LogP contribution is -2.48. The van der Waals surface area contributed by atoms with Crippen molar-refractivity contribution < 1.29 is 33.3 Å². The molecule has 0 aromatic rings. The van der Waals surface area contributed by atoms with E-state index in [0.29, 0.717) is 45.2 Å². The van der Waals surface area contributed by atoms with E-state index in [0.717, 1.165) is 0 Å². The number of fused-ring (bicyclic) bond motifs is 2. The molecule has 0 aromatic carbocycles. The second-order valence-corrected chi connectivity index (χ2v) is 5.19. The zero-order valence-electron chi connectivity index (χ0n) is 13.2. The van der Waals surface area contributed by atoms with Gasteiger partial charge >= 0.3 is 5.97 Å². The number of carbonyl (C=O) groups excluding carboxylic acids is 2. The second-order valence-electron chi connectivity index (χ2n) is 5.19. The molecule has 0 spiro atoms. The van der Waals surface area contributed by atoms with Gasteiger partial charge in [0.2, 0.25) is 11.4 Å². The Labute approximate surface area is 135 Å². The van der Waals surface area contributed by atoms with Crippen LogP contribution in [0.3, 0.4) is 0 Å². The first kappa shape index (κ1) is 17.8. The molecular formula is C16H22O7. The first-order valence-electron chi connectivity index (χ1n) is 7.58. The van der Waals surface area contributed by atoms with E-state index >= 15 is 0 Å². The van der Waals surface area contributed by atoms with E-state index in [1.54, 1.807) is 18.2 Å². The third-order valence-corrected chi connectivity index (χ3v) is 3.35. The smallest absolute Gasteiger partial charge is 0.304 e. The molecule has 0 unspecified atom stereocenters. The number of esters is 1. The lowest BCUT2D eigenvalue weighted by Gasteiger charge is -2.31. The molecule has 0 N–H and O–H groups in total. The zero-order chi connectivity index (χ0) is 16.5. The monoisotopic (exact) mass is 326 g/mol. The quantitative estimate of drug-likeness (QED) is 0.647. The molecule has 0 saturated carbocycles. The standard InChI is InChI=1S/C16H22O7/c1-13(17)23-16-4-2-3-14(15(16)18)11-21-9-7-19-5-6-20-8-10-22-12-16/h2-4H,5-12H2,1H3/t16-/m0/s1. The average molecular weight is 326 g/mol. The average Bonchev–Trinajstić information content (AvgIpc) is 2.51. The lowest BCUT2D eigenvalue weighted by molar-refractivity contribution is -0.165. The maximum Gasteiger partial charge on any atom is 0.304 e. The number of carbonyl (C=O) groups is 2. The highest BCUT2D eigenvalue weighted by Gasteiger charge is 2.42. The number of Topliss-reactive ketones (excluding diaryl/α,β-unsaturated/α-hetero) is 1. The van der Waals surface area contributed by atoms with Crippen molar-refractivity contribution in [2.24, 2.45) is 0 Å². The summed E-state index contributed by atoms with van der Waals surface area (Å²) < 4.78 is 26.9. The van der Waals surface area contributed by atoms with Gasteiger partial charge in [0.25, 0.3) is 0 Å². The maximum absolute atomic E-state index is 12.7. The fourth-order valence-corrected chi connectivity index (χ4v) is 2.30. The van der Waals surface area contributed by atoms with Crippen LogP contribution in [0, 0.1) is 0 Å². The highest BCUT2D eigenvalue weighted by molar-refractivity contribution is 6.06. The molecule has 0 radical (unpaired) electrons. The molecular weight excluding hydrogens is 304 g/mol. The molecule has 0 aromatic heterocycles. The Kier molecular flexibility index (Phi) is 6.91. The number of hydrogen-bond donors (Lipinski definition) is 0. The molecule has 7 heteroatoms. The third-order valence-electron chi connectivity index (χ3n) is 3.35. The fourth-order valence-electron chi connectivity index (χ4n) is 2.30. The summed E-state index contributed by atoms with van der Waals surface area (Å²) in [6.45, 7) is 3.73. The van der Waals surface area contributed by atoms with E-state index in [2.05, 4.69) is 0 Å². The number of allylic oxidation sites excluding steroid dienone is 2. The van der Waals surface area contributed by atoms with Gasteiger partial charge in [0.05, 0.1) is 52.9 Å². The van der Waals surface area contributed by atoms with Gasteiger partial charge in [-0.15, -0.1) is 0 Å². The van der Waals surface area contributed by atoms with Crippen molar-refractivity contribution in [1.29, 1.82) is 0 Å². The van der Waals surface area contributed by atoms with Crippen molar-refractivity contribution >= 4 is 11.8 Å². The van der Waals surface area contributed by atoms with Crippen LogP contribution < -0.4 is 0 Å². The van der Waals surface area contributed by atoms with E-state index in [9.17, 15) is 9.59 Å². The van der Waals surface area contributed by atoms with Gasteiger partial charge in [-0.3, -0.25) is 9.59 Å². The third kappa shape index (κ3) is 5.24. The first-order valence-corrected chi connectivity index (χ1v) is 7.58. The van der Waals surface area contributed by atoms with Crippen LogP contribution in [0.2, 0.25) is 0 Å². The van der Waals surface area contributed by atoms with Gasteiger partial charge in [0.15, 0.2) is 0 Å². The molecule has 2 rings (SSSR count). The summed E-state index contributed by atoms with van der Waals surface area (Å²) in [6.07, 6.45) is 4.88. The van der Waals surface area contributed by atoms with Crippen molar-refractivity contribution in [3.8, 4) is 0 Å². The van der Waals surface area contributed by atoms with Gasteiger partial charge in [-0.25, -0.2) is 0 Å². The molecule has 128 valence electrons. The van der Waals surface area contributed by atoms with Crippen molar-refractivity contribution in [2.75, 3.05) is 52.9 Å². The molecule has 1 saturated heterocycles. The number of rotatable bonds is 1. The number of ether oxygens (including phenoxy) is 5. The summed E-state index contributed by atoms with van der Waals surface area (Å²) in [5.41, 5.74) is -1.00. The number of ketones is 1. The van der Waals surface area contributed by atoms with E-state index in [-0.39, 0.29) is 19.0 Å².